The van der Waals surface area contributed by atoms with E-state index in [2.05, 4.69) is 41.3 Å². The number of hydrogen-bond acceptors (Lipinski definition) is 2. The van der Waals surface area contributed by atoms with Crippen LogP contribution >= 0.6 is 12.4 Å². The number of likely N-dealkylation sites (tertiary alicyclic amines) is 1. The minimum absolute atomic E-state index is 0. The van der Waals surface area contributed by atoms with Crippen molar-refractivity contribution in [3.8, 4) is 11.5 Å². The van der Waals surface area contributed by atoms with Gasteiger partial charge in [0.2, 0.25) is 0 Å². The topological polar surface area (TPSA) is 12.5 Å². The molecule has 1 saturated heterocycles. The Morgan fingerprint density at radius 1 is 0.826 bits per heavy atom. The first-order valence-corrected chi connectivity index (χ1v) is 8.19. The first-order valence-electron chi connectivity index (χ1n) is 8.19. The Morgan fingerprint density at radius 3 is 2.35 bits per heavy atom. The fourth-order valence-electron chi connectivity index (χ4n) is 3.39. The van der Waals surface area contributed by atoms with Crippen molar-refractivity contribution in [1.82, 2.24) is 4.90 Å². The van der Waals surface area contributed by atoms with Gasteiger partial charge in [0.05, 0.1) is 0 Å². The molecule has 0 spiro atoms. The quantitative estimate of drug-likeness (QED) is 0.747. The third kappa shape index (κ3) is 3.44. The highest BCUT2D eigenvalue weighted by atomic mass is 35.5. The van der Waals surface area contributed by atoms with Gasteiger partial charge in [-0.05, 0) is 49.7 Å². The first-order chi connectivity index (χ1) is 10.9. The lowest BCUT2D eigenvalue weighted by atomic mass is 10.0. The van der Waals surface area contributed by atoms with E-state index in [0.29, 0.717) is 0 Å². The second-order valence-corrected chi connectivity index (χ2v) is 6.14. The van der Waals surface area contributed by atoms with Gasteiger partial charge in [-0.2, -0.15) is 0 Å². The largest absolute Gasteiger partial charge is 0.456 e. The third-order valence-electron chi connectivity index (χ3n) is 4.54. The molecule has 2 aromatic carbocycles. The smallest absolute Gasteiger partial charge is 0.135 e. The lowest BCUT2D eigenvalue weighted by molar-refractivity contribution is 0.255. The van der Waals surface area contributed by atoms with Crippen molar-refractivity contribution in [2.45, 2.75) is 19.3 Å². The van der Waals surface area contributed by atoms with Crippen molar-refractivity contribution in [3.63, 3.8) is 0 Å². The summed E-state index contributed by atoms with van der Waals surface area (Å²) in [6, 6.07) is 16.7. The molecule has 0 radical (unpaired) electrons. The Morgan fingerprint density at radius 2 is 1.52 bits per heavy atom. The summed E-state index contributed by atoms with van der Waals surface area (Å²) in [7, 11) is 0. The maximum Gasteiger partial charge on any atom is 0.135 e. The number of hydrogen-bond donors (Lipinski definition) is 0. The molecule has 2 aromatic rings. The van der Waals surface area contributed by atoms with E-state index in [0.717, 1.165) is 18.0 Å². The molecule has 2 aliphatic heterocycles. The van der Waals surface area contributed by atoms with Gasteiger partial charge in [0, 0.05) is 17.7 Å². The molecule has 0 saturated carbocycles. The van der Waals surface area contributed by atoms with Gasteiger partial charge >= 0.3 is 0 Å². The molecule has 0 aliphatic carbocycles. The van der Waals surface area contributed by atoms with E-state index in [9.17, 15) is 0 Å². The number of rotatable bonds is 2. The summed E-state index contributed by atoms with van der Waals surface area (Å²) in [6.07, 6.45) is 6.32. The van der Waals surface area contributed by atoms with Gasteiger partial charge in [-0.3, -0.25) is 4.90 Å². The molecule has 0 bridgehead atoms. The van der Waals surface area contributed by atoms with Gasteiger partial charge in [0.15, 0.2) is 0 Å². The highest BCUT2D eigenvalue weighted by Crippen LogP contribution is 2.38. The van der Waals surface area contributed by atoms with Crippen LogP contribution in [0.5, 0.6) is 11.5 Å². The molecule has 0 atom stereocenters. The van der Waals surface area contributed by atoms with Crippen LogP contribution in [-0.4, -0.2) is 24.5 Å². The second kappa shape index (κ2) is 7.20. The second-order valence-electron chi connectivity index (χ2n) is 6.14. The summed E-state index contributed by atoms with van der Waals surface area (Å²) in [4.78, 5) is 2.57. The van der Waals surface area contributed by atoms with E-state index in [1.165, 1.54) is 49.1 Å². The maximum absolute atomic E-state index is 6.15. The lowest BCUT2D eigenvalue weighted by Gasteiger charge is -2.27. The predicted octanol–water partition coefficient (Wildman–Crippen LogP) is 5.24. The van der Waals surface area contributed by atoms with Crippen LogP contribution in [0.1, 0.15) is 30.4 Å². The number of halogens is 1. The van der Waals surface area contributed by atoms with Gasteiger partial charge in [-0.15, -0.1) is 12.4 Å². The molecule has 2 heterocycles. The number of nitrogens with zero attached hydrogens (tertiary/aromatic N) is 1. The lowest BCUT2D eigenvalue weighted by Crippen LogP contribution is -2.31. The molecule has 2 nitrogen and oxygen atoms in total. The van der Waals surface area contributed by atoms with Gasteiger partial charge in [-0.1, -0.05) is 42.8 Å². The molecule has 0 N–H and O–H groups in total. The molecule has 0 aromatic heterocycles. The van der Waals surface area contributed by atoms with Crippen molar-refractivity contribution in [2.75, 3.05) is 19.6 Å². The number of piperidine rings is 1. The Bertz CT molecular complexity index is 704. The molecular weight excluding hydrogens is 306 g/mol. The van der Waals surface area contributed by atoms with Crippen LogP contribution in [0, 0.1) is 0 Å². The Labute approximate surface area is 144 Å². The van der Waals surface area contributed by atoms with Crippen LogP contribution in [0.3, 0.4) is 0 Å². The summed E-state index contributed by atoms with van der Waals surface area (Å²) < 4.78 is 6.15. The molecule has 120 valence electrons. The van der Waals surface area contributed by atoms with E-state index in [1.807, 2.05) is 18.2 Å². The normalized spacial score (nSPS) is 17.0. The standard InChI is InChI=1S/C20H21NO.ClH/c1-6-12-21(13-7-1)15-17-14-16-8-2-4-10-19(16)22-20-11-5-3-9-18(17)20;/h2-5,8-11,14H,1,6-7,12-13,15H2;1H. The van der Waals surface area contributed by atoms with Crippen LogP contribution in [0.15, 0.2) is 48.5 Å². The van der Waals surface area contributed by atoms with E-state index in [-0.39, 0.29) is 12.4 Å². The summed E-state index contributed by atoms with van der Waals surface area (Å²) >= 11 is 0. The SMILES string of the molecule is C1=C(CN2CCCCC2)c2ccccc2Oc2ccccc21.Cl. The minimum Gasteiger partial charge on any atom is -0.456 e. The average molecular weight is 328 g/mol. The van der Waals surface area contributed by atoms with Crippen molar-refractivity contribution in [3.05, 3.63) is 59.7 Å². The fraction of sp³-hybridized carbons (Fsp3) is 0.300. The molecule has 0 amide bonds. The van der Waals surface area contributed by atoms with Crippen LogP contribution in [0.2, 0.25) is 0 Å². The molecule has 1 fully saturated rings. The van der Waals surface area contributed by atoms with Crippen molar-refractivity contribution < 1.29 is 4.74 Å². The fourth-order valence-corrected chi connectivity index (χ4v) is 3.39. The van der Waals surface area contributed by atoms with E-state index in [1.54, 1.807) is 0 Å². The monoisotopic (exact) mass is 327 g/mol. The third-order valence-corrected chi connectivity index (χ3v) is 4.54. The van der Waals surface area contributed by atoms with Gasteiger partial charge in [-0.25, -0.2) is 0 Å². The molecule has 0 unspecified atom stereocenters. The number of benzene rings is 2. The zero-order valence-corrected chi connectivity index (χ0v) is 14.0. The molecule has 3 heteroatoms. The maximum atomic E-state index is 6.15. The first kappa shape index (κ1) is 16.1. The van der Waals surface area contributed by atoms with Crippen molar-refractivity contribution in [1.29, 1.82) is 0 Å². The average Bonchev–Trinajstić information content (AvgIpc) is 2.72. The Balaban J connectivity index is 0.00000156. The summed E-state index contributed by atoms with van der Waals surface area (Å²) in [5.41, 5.74) is 3.76. The van der Waals surface area contributed by atoms with E-state index >= 15 is 0 Å². The minimum atomic E-state index is 0. The van der Waals surface area contributed by atoms with E-state index in [4.69, 9.17) is 4.74 Å². The van der Waals surface area contributed by atoms with Gasteiger partial charge < -0.3 is 4.74 Å². The highest BCUT2D eigenvalue weighted by Gasteiger charge is 2.19. The molecule has 2 aliphatic rings. The molecule has 4 rings (SSSR count). The predicted molar refractivity (Wildman–Crippen MR) is 98.4 cm³/mol. The van der Waals surface area contributed by atoms with Crippen LogP contribution in [-0.2, 0) is 0 Å². The number of ether oxygens (including phenoxy) is 1. The Kier molecular flexibility index (Phi) is 5.04. The van der Waals surface area contributed by atoms with Gasteiger partial charge in [0.1, 0.15) is 11.5 Å². The van der Waals surface area contributed by atoms with E-state index < -0.39 is 0 Å². The number of para-hydroxylation sites is 2. The Hall–Kier alpha value is -1.77. The van der Waals surface area contributed by atoms with Gasteiger partial charge in [0.25, 0.3) is 0 Å². The summed E-state index contributed by atoms with van der Waals surface area (Å²) in [5.74, 6) is 1.92. The highest BCUT2D eigenvalue weighted by molar-refractivity contribution is 5.88. The zero-order valence-electron chi connectivity index (χ0n) is 13.2. The van der Waals surface area contributed by atoms with Crippen LogP contribution in [0.25, 0.3) is 11.6 Å². The summed E-state index contributed by atoms with van der Waals surface area (Å²) in [6.45, 7) is 3.43. The van der Waals surface area contributed by atoms with Crippen molar-refractivity contribution in [2.24, 2.45) is 0 Å². The summed E-state index contributed by atoms with van der Waals surface area (Å²) in [5, 5.41) is 0. The number of fused-ring (bicyclic) bond motifs is 2. The molecular formula is C20H22ClNO. The van der Waals surface area contributed by atoms with Crippen LogP contribution < -0.4 is 4.74 Å². The van der Waals surface area contributed by atoms with Crippen molar-refractivity contribution >= 4 is 24.1 Å². The molecule has 23 heavy (non-hydrogen) atoms. The zero-order chi connectivity index (χ0) is 14.8. The van der Waals surface area contributed by atoms with Crippen LogP contribution in [0.4, 0.5) is 0 Å².